The number of hydrogen-bond acceptors (Lipinski definition) is 3. The molecule has 0 fully saturated rings. The Labute approximate surface area is 80.6 Å². The van der Waals surface area contributed by atoms with Gasteiger partial charge in [-0.3, -0.25) is 4.98 Å². The smallest absolute Gasteiger partial charge is 0.0992 e. The minimum Gasteiger partial charge on any atom is -0.344 e. The van der Waals surface area contributed by atoms with Crippen molar-refractivity contribution >= 4 is 21.9 Å². The molecule has 2 aromatic heterocycles. The molecule has 0 radical (unpaired) electrons. The molecule has 70 valence electrons. The molecule has 3 rings (SSSR count). The van der Waals surface area contributed by atoms with Crippen LogP contribution in [0, 0.1) is 0 Å². The molecule has 1 aromatic carbocycles. The first kappa shape index (κ1) is 8.65. The van der Waals surface area contributed by atoms with Crippen molar-refractivity contribution in [3.63, 3.8) is 0 Å². The van der Waals surface area contributed by atoms with Crippen LogP contribution in [0.1, 0.15) is 0 Å². The van der Waals surface area contributed by atoms with E-state index in [1.54, 1.807) is 6.33 Å². The number of hydrogen-bond donors (Lipinski definition) is 2. The molecule has 0 spiro atoms. The highest BCUT2D eigenvalue weighted by Gasteiger charge is 2.01. The van der Waals surface area contributed by atoms with Crippen LogP contribution in [0.3, 0.4) is 0 Å². The molecular formula is C10H10N4. The lowest BCUT2D eigenvalue weighted by atomic mass is 10.2. The minimum atomic E-state index is 0. The third kappa shape index (κ3) is 1.05. The number of rotatable bonds is 0. The summed E-state index contributed by atoms with van der Waals surface area (Å²) in [5, 5.41) is 1.10. The number of nitrogens with one attached hydrogen (secondary N) is 1. The Morgan fingerprint density at radius 1 is 1.07 bits per heavy atom. The summed E-state index contributed by atoms with van der Waals surface area (Å²) in [6, 6.07) is 8.00. The second-order valence-corrected chi connectivity index (χ2v) is 2.94. The first-order valence-electron chi connectivity index (χ1n) is 4.12. The quantitative estimate of drug-likeness (QED) is 0.565. The third-order valence-electron chi connectivity index (χ3n) is 2.16. The van der Waals surface area contributed by atoms with E-state index in [-0.39, 0.29) is 6.15 Å². The number of pyridine rings is 1. The second-order valence-electron chi connectivity index (χ2n) is 2.94. The van der Waals surface area contributed by atoms with Crippen molar-refractivity contribution < 1.29 is 0 Å². The predicted molar refractivity (Wildman–Crippen MR) is 56.4 cm³/mol. The van der Waals surface area contributed by atoms with E-state index in [0.717, 1.165) is 21.9 Å². The predicted octanol–water partition coefficient (Wildman–Crippen LogP) is 2.27. The van der Waals surface area contributed by atoms with Crippen LogP contribution < -0.4 is 6.15 Å². The molecule has 2 heterocycles. The Morgan fingerprint density at radius 3 is 2.86 bits per heavy atom. The summed E-state index contributed by atoms with van der Waals surface area (Å²) in [6.07, 6.45) is 3.50. The maximum Gasteiger partial charge on any atom is 0.0992 e. The van der Waals surface area contributed by atoms with Crippen LogP contribution in [-0.4, -0.2) is 15.0 Å². The molecule has 14 heavy (non-hydrogen) atoms. The minimum absolute atomic E-state index is 0. The zero-order valence-corrected chi connectivity index (χ0v) is 7.57. The van der Waals surface area contributed by atoms with Crippen LogP contribution in [0.5, 0.6) is 0 Å². The van der Waals surface area contributed by atoms with E-state index in [0.29, 0.717) is 0 Å². The van der Waals surface area contributed by atoms with Crippen LogP contribution in [0.25, 0.3) is 21.9 Å². The molecule has 0 aliphatic rings. The Bertz CT molecular complexity index is 570. The van der Waals surface area contributed by atoms with E-state index in [2.05, 4.69) is 15.0 Å². The number of aromatic amines is 1. The Balaban J connectivity index is 0.000000750. The van der Waals surface area contributed by atoms with Crippen LogP contribution in [-0.2, 0) is 0 Å². The fourth-order valence-corrected chi connectivity index (χ4v) is 1.54. The van der Waals surface area contributed by atoms with Crippen LogP contribution in [0.2, 0.25) is 0 Å². The van der Waals surface area contributed by atoms with Crippen molar-refractivity contribution in [3.8, 4) is 0 Å². The fourth-order valence-electron chi connectivity index (χ4n) is 1.54. The maximum atomic E-state index is 4.31. The number of benzene rings is 1. The molecule has 0 unspecified atom stereocenters. The lowest BCUT2D eigenvalue weighted by Crippen LogP contribution is -1.79. The van der Waals surface area contributed by atoms with Gasteiger partial charge in [-0.05, 0) is 6.07 Å². The van der Waals surface area contributed by atoms with Gasteiger partial charge in [0.2, 0.25) is 0 Å². The van der Waals surface area contributed by atoms with E-state index in [1.807, 2.05) is 30.5 Å². The monoisotopic (exact) mass is 186 g/mol. The van der Waals surface area contributed by atoms with Crippen LogP contribution in [0.15, 0.2) is 36.8 Å². The average molecular weight is 186 g/mol. The highest BCUT2D eigenvalue weighted by molar-refractivity contribution is 6.01. The molecule has 4 nitrogen and oxygen atoms in total. The summed E-state index contributed by atoms with van der Waals surface area (Å²) in [7, 11) is 0. The van der Waals surface area contributed by atoms with Gasteiger partial charge in [0.05, 0.1) is 29.1 Å². The van der Waals surface area contributed by atoms with Gasteiger partial charge in [0.1, 0.15) is 0 Å². The average Bonchev–Trinajstić information content (AvgIpc) is 2.65. The molecule has 0 atom stereocenters. The van der Waals surface area contributed by atoms with Crippen LogP contribution >= 0.6 is 0 Å². The number of fused-ring (bicyclic) bond motifs is 3. The molecule has 0 bridgehead atoms. The van der Waals surface area contributed by atoms with Gasteiger partial charge in [0.25, 0.3) is 0 Å². The zero-order valence-electron chi connectivity index (χ0n) is 7.57. The van der Waals surface area contributed by atoms with Gasteiger partial charge in [0, 0.05) is 5.39 Å². The van der Waals surface area contributed by atoms with E-state index < -0.39 is 0 Å². The van der Waals surface area contributed by atoms with Crippen molar-refractivity contribution in [2.24, 2.45) is 0 Å². The third-order valence-corrected chi connectivity index (χ3v) is 2.16. The largest absolute Gasteiger partial charge is 0.344 e. The second kappa shape index (κ2) is 3.08. The van der Waals surface area contributed by atoms with E-state index >= 15 is 0 Å². The van der Waals surface area contributed by atoms with Gasteiger partial charge >= 0.3 is 0 Å². The van der Waals surface area contributed by atoms with Crippen molar-refractivity contribution in [2.45, 2.75) is 0 Å². The molecule has 0 amide bonds. The summed E-state index contributed by atoms with van der Waals surface area (Å²) in [5.74, 6) is 0. The maximum absolute atomic E-state index is 4.31. The standard InChI is InChI=1S/C10H7N3.H3N/c1-2-4-8-7(3-1)10-9(5-11-8)12-6-13-10;/h1-6H,(H,12,13);1H3. The number of aromatic nitrogens is 3. The highest BCUT2D eigenvalue weighted by Crippen LogP contribution is 2.19. The van der Waals surface area contributed by atoms with Crippen molar-refractivity contribution in [3.05, 3.63) is 36.8 Å². The Morgan fingerprint density at radius 2 is 1.93 bits per heavy atom. The molecular weight excluding hydrogens is 176 g/mol. The van der Waals surface area contributed by atoms with Gasteiger partial charge in [-0.2, -0.15) is 0 Å². The lowest BCUT2D eigenvalue weighted by molar-refractivity contribution is 1.34. The SMILES string of the molecule is N.c1ccc2c(c1)ncc1[nH]cnc12. The Kier molecular flexibility index (Phi) is 1.90. The normalized spacial score (nSPS) is 10.3. The number of imidazole rings is 1. The van der Waals surface area contributed by atoms with Gasteiger partial charge in [0.15, 0.2) is 0 Å². The number of para-hydroxylation sites is 1. The molecule has 3 aromatic rings. The number of H-pyrrole nitrogens is 1. The summed E-state index contributed by atoms with van der Waals surface area (Å²) in [4.78, 5) is 11.6. The summed E-state index contributed by atoms with van der Waals surface area (Å²) in [6.45, 7) is 0. The fraction of sp³-hybridized carbons (Fsp3) is 0. The number of nitrogens with zero attached hydrogens (tertiary/aromatic N) is 2. The first-order valence-corrected chi connectivity index (χ1v) is 4.12. The van der Waals surface area contributed by atoms with E-state index in [1.165, 1.54) is 0 Å². The van der Waals surface area contributed by atoms with Crippen molar-refractivity contribution in [2.75, 3.05) is 0 Å². The molecule has 0 aliphatic heterocycles. The van der Waals surface area contributed by atoms with Gasteiger partial charge in [-0.25, -0.2) is 4.98 Å². The van der Waals surface area contributed by atoms with Gasteiger partial charge in [-0.1, -0.05) is 18.2 Å². The summed E-state index contributed by atoms with van der Waals surface area (Å²) >= 11 is 0. The lowest BCUT2D eigenvalue weighted by Gasteiger charge is -1.95. The Hall–Kier alpha value is -1.94. The van der Waals surface area contributed by atoms with Crippen LogP contribution in [0.4, 0.5) is 0 Å². The molecule has 4 heteroatoms. The first-order chi connectivity index (χ1) is 6.45. The summed E-state index contributed by atoms with van der Waals surface area (Å²) in [5.41, 5.74) is 2.96. The van der Waals surface area contributed by atoms with Crippen molar-refractivity contribution in [1.82, 2.24) is 21.1 Å². The molecule has 0 aliphatic carbocycles. The van der Waals surface area contributed by atoms with Gasteiger partial charge in [-0.15, -0.1) is 0 Å². The molecule has 0 saturated carbocycles. The van der Waals surface area contributed by atoms with Gasteiger partial charge < -0.3 is 11.1 Å². The zero-order chi connectivity index (χ0) is 8.67. The highest BCUT2D eigenvalue weighted by atomic mass is 14.9. The molecule has 4 N–H and O–H groups in total. The molecule has 0 saturated heterocycles. The van der Waals surface area contributed by atoms with Crippen molar-refractivity contribution in [1.29, 1.82) is 0 Å². The van der Waals surface area contributed by atoms with E-state index in [4.69, 9.17) is 0 Å². The summed E-state index contributed by atoms with van der Waals surface area (Å²) < 4.78 is 0. The topological polar surface area (TPSA) is 76.6 Å². The van der Waals surface area contributed by atoms with E-state index in [9.17, 15) is 0 Å².